The van der Waals surface area contributed by atoms with Gasteiger partial charge in [-0.2, -0.15) is 5.10 Å². The van der Waals surface area contributed by atoms with E-state index in [4.69, 9.17) is 23.2 Å². The maximum absolute atomic E-state index is 13.1. The van der Waals surface area contributed by atoms with E-state index < -0.39 is 5.91 Å². The molecule has 2 amide bonds. The SMILES string of the molecule is CC(C)NC(=O)c1cc(I)cc(Br)c1NC(=O)c1cc(Cl)nn1-c1ncccc1Cl. The molecule has 156 valence electrons. The molecule has 0 fully saturated rings. The van der Waals surface area contributed by atoms with Crippen molar-refractivity contribution in [2.24, 2.45) is 0 Å². The molecule has 2 heterocycles. The number of rotatable bonds is 5. The molecule has 0 saturated heterocycles. The fourth-order valence-electron chi connectivity index (χ4n) is 2.61. The first-order valence-electron chi connectivity index (χ1n) is 8.65. The number of pyridine rings is 1. The van der Waals surface area contributed by atoms with Gasteiger partial charge >= 0.3 is 0 Å². The van der Waals surface area contributed by atoms with Crippen molar-refractivity contribution in [1.29, 1.82) is 0 Å². The third-order valence-electron chi connectivity index (χ3n) is 3.81. The van der Waals surface area contributed by atoms with Crippen molar-refractivity contribution in [2.75, 3.05) is 5.32 Å². The molecule has 3 aromatic rings. The van der Waals surface area contributed by atoms with Gasteiger partial charge in [0.2, 0.25) is 0 Å². The molecule has 0 spiro atoms. The van der Waals surface area contributed by atoms with E-state index in [2.05, 4.69) is 59.2 Å². The number of carbonyl (C=O) groups is 2. The fourth-order valence-corrected chi connectivity index (χ4v) is 4.60. The first kappa shape index (κ1) is 23.0. The van der Waals surface area contributed by atoms with Crippen LogP contribution in [0.25, 0.3) is 5.82 Å². The number of nitrogens with zero attached hydrogens (tertiary/aromatic N) is 3. The Balaban J connectivity index is 2.02. The van der Waals surface area contributed by atoms with Crippen LogP contribution in [0.1, 0.15) is 34.7 Å². The lowest BCUT2D eigenvalue weighted by molar-refractivity contribution is 0.0944. The number of amides is 2. The largest absolute Gasteiger partial charge is 0.350 e. The normalized spacial score (nSPS) is 10.9. The molecule has 0 radical (unpaired) electrons. The van der Waals surface area contributed by atoms with E-state index in [0.29, 0.717) is 20.7 Å². The second-order valence-corrected chi connectivity index (χ2v) is 9.36. The van der Waals surface area contributed by atoms with Gasteiger partial charge in [-0.25, -0.2) is 9.67 Å². The zero-order chi connectivity index (χ0) is 22.0. The maximum Gasteiger partial charge on any atom is 0.274 e. The molecule has 0 saturated carbocycles. The van der Waals surface area contributed by atoms with Crippen LogP contribution in [-0.4, -0.2) is 32.6 Å². The molecule has 2 N–H and O–H groups in total. The summed E-state index contributed by atoms with van der Waals surface area (Å²) < 4.78 is 2.65. The van der Waals surface area contributed by atoms with Crippen LogP contribution in [-0.2, 0) is 0 Å². The number of anilines is 1. The number of aromatic nitrogens is 3. The van der Waals surface area contributed by atoms with Gasteiger partial charge in [0.25, 0.3) is 11.8 Å². The topological polar surface area (TPSA) is 88.9 Å². The second kappa shape index (κ2) is 9.63. The molecule has 3 rings (SSSR count). The van der Waals surface area contributed by atoms with E-state index in [9.17, 15) is 9.59 Å². The zero-order valence-electron chi connectivity index (χ0n) is 15.7. The highest BCUT2D eigenvalue weighted by molar-refractivity contribution is 14.1. The molecule has 0 bridgehead atoms. The van der Waals surface area contributed by atoms with Crippen molar-refractivity contribution in [3.05, 3.63) is 66.0 Å². The van der Waals surface area contributed by atoms with E-state index >= 15 is 0 Å². The average molecular weight is 623 g/mol. The minimum Gasteiger partial charge on any atom is -0.350 e. The van der Waals surface area contributed by atoms with Crippen molar-refractivity contribution in [3.63, 3.8) is 0 Å². The monoisotopic (exact) mass is 621 g/mol. The lowest BCUT2D eigenvalue weighted by Gasteiger charge is -2.16. The van der Waals surface area contributed by atoms with Crippen LogP contribution in [0, 0.1) is 3.57 Å². The van der Waals surface area contributed by atoms with Crippen LogP contribution in [0.2, 0.25) is 10.2 Å². The molecule has 0 atom stereocenters. The van der Waals surface area contributed by atoms with Crippen molar-refractivity contribution >= 4 is 79.2 Å². The number of hydrogen-bond acceptors (Lipinski definition) is 4. The van der Waals surface area contributed by atoms with Gasteiger partial charge in [-0.3, -0.25) is 9.59 Å². The maximum atomic E-state index is 13.1. The minimum absolute atomic E-state index is 0.0655. The lowest BCUT2D eigenvalue weighted by Crippen LogP contribution is -2.31. The molecule has 1 aromatic carbocycles. The number of nitrogens with one attached hydrogen (secondary N) is 2. The molecule has 0 aliphatic rings. The Morgan fingerprint density at radius 3 is 2.60 bits per heavy atom. The number of carbonyl (C=O) groups excluding carboxylic acids is 2. The van der Waals surface area contributed by atoms with E-state index in [0.717, 1.165) is 3.57 Å². The highest BCUT2D eigenvalue weighted by Gasteiger charge is 2.23. The van der Waals surface area contributed by atoms with E-state index in [1.54, 1.807) is 24.3 Å². The zero-order valence-corrected chi connectivity index (χ0v) is 21.0. The number of halogens is 4. The average Bonchev–Trinajstić information content (AvgIpc) is 3.05. The smallest absolute Gasteiger partial charge is 0.274 e. The summed E-state index contributed by atoms with van der Waals surface area (Å²) in [7, 11) is 0. The van der Waals surface area contributed by atoms with Gasteiger partial charge < -0.3 is 10.6 Å². The summed E-state index contributed by atoms with van der Waals surface area (Å²) in [5.74, 6) is -0.578. The highest BCUT2D eigenvalue weighted by atomic mass is 127. The van der Waals surface area contributed by atoms with E-state index in [-0.39, 0.29) is 28.6 Å². The summed E-state index contributed by atoms with van der Waals surface area (Å²) in [6.45, 7) is 3.71. The van der Waals surface area contributed by atoms with Crippen LogP contribution >= 0.6 is 61.7 Å². The predicted molar refractivity (Wildman–Crippen MR) is 129 cm³/mol. The quantitative estimate of drug-likeness (QED) is 0.377. The van der Waals surface area contributed by atoms with Crippen molar-refractivity contribution < 1.29 is 9.59 Å². The van der Waals surface area contributed by atoms with Gasteiger partial charge in [-0.05, 0) is 76.6 Å². The molecule has 0 unspecified atom stereocenters. The Kier molecular flexibility index (Phi) is 7.38. The summed E-state index contributed by atoms with van der Waals surface area (Å²) in [6, 6.07) is 8.12. The molecular formula is C19H15BrCl2IN5O2. The van der Waals surface area contributed by atoms with Crippen LogP contribution < -0.4 is 10.6 Å². The summed E-state index contributed by atoms with van der Waals surface area (Å²) in [5.41, 5.74) is 0.764. The van der Waals surface area contributed by atoms with Gasteiger partial charge in [-0.15, -0.1) is 0 Å². The third-order valence-corrected chi connectivity index (χ3v) is 5.54. The van der Waals surface area contributed by atoms with E-state index in [1.165, 1.54) is 16.9 Å². The summed E-state index contributed by atoms with van der Waals surface area (Å²) >= 11 is 17.8. The minimum atomic E-state index is -0.531. The fraction of sp³-hybridized carbons (Fsp3) is 0.158. The van der Waals surface area contributed by atoms with E-state index in [1.807, 2.05) is 13.8 Å². The molecule has 11 heteroatoms. The van der Waals surface area contributed by atoms with Gasteiger partial charge in [0.05, 0.1) is 16.3 Å². The van der Waals surface area contributed by atoms with Crippen molar-refractivity contribution in [1.82, 2.24) is 20.1 Å². The number of hydrogen-bond donors (Lipinski definition) is 2. The first-order chi connectivity index (χ1) is 14.2. The first-order valence-corrected chi connectivity index (χ1v) is 11.3. The van der Waals surface area contributed by atoms with Crippen molar-refractivity contribution in [2.45, 2.75) is 19.9 Å². The Morgan fingerprint density at radius 1 is 1.20 bits per heavy atom. The van der Waals surface area contributed by atoms with Gasteiger partial charge in [0.15, 0.2) is 11.0 Å². The summed E-state index contributed by atoms with van der Waals surface area (Å²) in [6.07, 6.45) is 1.53. The molecule has 2 aromatic heterocycles. The van der Waals surface area contributed by atoms with Crippen LogP contribution in [0.5, 0.6) is 0 Å². The van der Waals surface area contributed by atoms with Crippen LogP contribution in [0.3, 0.4) is 0 Å². The Labute approximate surface area is 204 Å². The standard InChI is InChI=1S/C19H15BrCl2IN5O2/c1-9(2)25-18(29)11-6-10(23)7-12(20)16(11)26-19(30)14-8-15(22)27-28(14)17-13(21)4-3-5-24-17/h3-9H,1-2H3,(H,25,29)(H,26,30). The second-order valence-electron chi connectivity index (χ2n) is 6.47. The molecule has 0 aliphatic heterocycles. The van der Waals surface area contributed by atoms with Gasteiger partial charge in [0, 0.05) is 26.3 Å². The molecular weight excluding hydrogens is 608 g/mol. The summed E-state index contributed by atoms with van der Waals surface area (Å²) in [4.78, 5) is 30.0. The lowest BCUT2D eigenvalue weighted by atomic mass is 10.1. The Morgan fingerprint density at radius 2 is 1.93 bits per heavy atom. The van der Waals surface area contributed by atoms with Crippen molar-refractivity contribution in [3.8, 4) is 5.82 Å². The van der Waals surface area contributed by atoms with Gasteiger partial charge in [0.1, 0.15) is 5.69 Å². The molecule has 30 heavy (non-hydrogen) atoms. The summed E-state index contributed by atoms with van der Waals surface area (Å²) in [5, 5.41) is 10.1. The predicted octanol–water partition coefficient (Wildman–Crippen LogP) is 5.33. The highest BCUT2D eigenvalue weighted by Crippen LogP contribution is 2.30. The molecule has 7 nitrogen and oxygen atoms in total. The van der Waals surface area contributed by atoms with Gasteiger partial charge in [-0.1, -0.05) is 23.2 Å². The van der Waals surface area contributed by atoms with Crippen LogP contribution in [0.15, 0.2) is 41.0 Å². The number of benzene rings is 1. The molecule has 0 aliphatic carbocycles. The van der Waals surface area contributed by atoms with Crippen LogP contribution in [0.4, 0.5) is 5.69 Å². The Hall–Kier alpha value is -1.69. The Bertz CT molecular complexity index is 1140. The third kappa shape index (κ3) is 5.13.